The van der Waals surface area contributed by atoms with Crippen LogP contribution in [0.25, 0.3) is 0 Å². The molecule has 0 unspecified atom stereocenters. The first-order valence-corrected chi connectivity index (χ1v) is 8.78. The van der Waals surface area contributed by atoms with Crippen LogP contribution in [0, 0.1) is 35.0 Å². The average molecular weight is 420 g/mol. The van der Waals surface area contributed by atoms with Crippen molar-refractivity contribution in [2.24, 2.45) is 5.92 Å². The van der Waals surface area contributed by atoms with Gasteiger partial charge in [-0.3, -0.25) is 0 Å². The van der Waals surface area contributed by atoms with E-state index in [-0.39, 0.29) is 29.5 Å². The second kappa shape index (κ2) is 8.04. The van der Waals surface area contributed by atoms with Crippen molar-refractivity contribution in [2.45, 2.75) is 37.7 Å². The lowest BCUT2D eigenvalue weighted by Crippen LogP contribution is -2.26. The Morgan fingerprint density at radius 1 is 0.828 bits per heavy atom. The van der Waals surface area contributed by atoms with Crippen molar-refractivity contribution in [3.05, 3.63) is 64.5 Å². The molecular weight excluding hydrogens is 405 g/mol. The van der Waals surface area contributed by atoms with Crippen LogP contribution < -0.4 is 4.74 Å². The third kappa shape index (κ3) is 4.38. The lowest BCUT2D eigenvalue weighted by molar-refractivity contribution is -0.189. The standard InChI is InChI=1S/C20H15F7O2/c21-14-5-12(11-3-1-10(9-28)2-4-11)6-15(22)18(14)20(26,27)29-13-7-16(23)19(25)17(24)8-13/h5-11H,1-4H2. The van der Waals surface area contributed by atoms with E-state index in [2.05, 4.69) is 4.74 Å². The molecule has 0 aromatic heterocycles. The maximum absolute atomic E-state index is 14.4. The van der Waals surface area contributed by atoms with Crippen molar-refractivity contribution in [3.8, 4) is 5.75 Å². The molecular formula is C20H15F7O2. The number of rotatable bonds is 5. The van der Waals surface area contributed by atoms with E-state index in [0.29, 0.717) is 25.7 Å². The molecule has 0 heterocycles. The van der Waals surface area contributed by atoms with Gasteiger partial charge < -0.3 is 9.53 Å². The minimum Gasteiger partial charge on any atom is -0.429 e. The zero-order valence-electron chi connectivity index (χ0n) is 14.8. The first-order valence-electron chi connectivity index (χ1n) is 8.78. The minimum absolute atomic E-state index is 0.130. The quantitative estimate of drug-likeness (QED) is 0.338. The summed E-state index contributed by atoms with van der Waals surface area (Å²) in [6, 6.07) is 1.80. The molecule has 0 aliphatic heterocycles. The molecule has 0 bridgehead atoms. The fourth-order valence-corrected chi connectivity index (χ4v) is 3.49. The highest BCUT2D eigenvalue weighted by Gasteiger charge is 2.42. The van der Waals surface area contributed by atoms with E-state index in [9.17, 15) is 35.5 Å². The second-order valence-corrected chi connectivity index (χ2v) is 6.93. The predicted octanol–water partition coefficient (Wildman–Crippen LogP) is 5.98. The molecule has 1 fully saturated rings. The van der Waals surface area contributed by atoms with Crippen molar-refractivity contribution in [2.75, 3.05) is 0 Å². The molecule has 0 N–H and O–H groups in total. The Kier molecular flexibility index (Phi) is 5.86. The molecule has 1 aliphatic rings. The molecule has 3 rings (SSSR count). The van der Waals surface area contributed by atoms with Crippen molar-refractivity contribution >= 4 is 6.29 Å². The molecule has 1 saturated carbocycles. The summed E-state index contributed by atoms with van der Waals surface area (Å²) >= 11 is 0. The van der Waals surface area contributed by atoms with E-state index in [4.69, 9.17) is 0 Å². The number of carbonyl (C=O) groups excluding carboxylic acids is 1. The molecule has 9 heteroatoms. The van der Waals surface area contributed by atoms with Gasteiger partial charge in [0.1, 0.15) is 29.2 Å². The highest BCUT2D eigenvalue weighted by Crippen LogP contribution is 2.40. The van der Waals surface area contributed by atoms with E-state index in [1.54, 1.807) is 0 Å². The Bertz CT molecular complexity index is 875. The zero-order chi connectivity index (χ0) is 21.3. The van der Waals surface area contributed by atoms with Crippen LogP contribution in [-0.2, 0) is 10.9 Å². The first kappa shape index (κ1) is 21.1. The smallest absolute Gasteiger partial charge is 0.429 e. The summed E-state index contributed by atoms with van der Waals surface area (Å²) in [6.07, 6.45) is -1.79. The van der Waals surface area contributed by atoms with Crippen molar-refractivity contribution in [1.29, 1.82) is 0 Å². The average Bonchev–Trinajstić information content (AvgIpc) is 2.65. The van der Waals surface area contributed by atoms with Crippen LogP contribution >= 0.6 is 0 Å². The normalized spacial score (nSPS) is 19.8. The molecule has 2 aromatic carbocycles. The Morgan fingerprint density at radius 2 is 1.34 bits per heavy atom. The van der Waals surface area contributed by atoms with E-state index >= 15 is 0 Å². The zero-order valence-corrected chi connectivity index (χ0v) is 14.8. The van der Waals surface area contributed by atoms with Crippen molar-refractivity contribution < 1.29 is 40.3 Å². The topological polar surface area (TPSA) is 26.3 Å². The van der Waals surface area contributed by atoms with Crippen LogP contribution in [0.4, 0.5) is 30.7 Å². The van der Waals surface area contributed by atoms with Crippen LogP contribution in [0.1, 0.15) is 42.7 Å². The third-order valence-corrected chi connectivity index (χ3v) is 4.99. The van der Waals surface area contributed by atoms with Crippen LogP contribution in [0.3, 0.4) is 0 Å². The lowest BCUT2D eigenvalue weighted by atomic mass is 9.79. The number of halogens is 7. The number of aldehydes is 1. The molecule has 2 nitrogen and oxygen atoms in total. The van der Waals surface area contributed by atoms with Gasteiger partial charge in [-0.1, -0.05) is 0 Å². The molecule has 29 heavy (non-hydrogen) atoms. The van der Waals surface area contributed by atoms with Gasteiger partial charge in [-0.05, 0) is 49.3 Å². The number of hydrogen-bond donors (Lipinski definition) is 0. The van der Waals surface area contributed by atoms with Gasteiger partial charge in [0.2, 0.25) is 0 Å². The Labute approximate surface area is 161 Å². The van der Waals surface area contributed by atoms with Crippen molar-refractivity contribution in [3.63, 3.8) is 0 Å². The summed E-state index contributed by atoms with van der Waals surface area (Å²) in [7, 11) is 0. The summed E-state index contributed by atoms with van der Waals surface area (Å²) in [5.41, 5.74) is -1.56. The summed E-state index contributed by atoms with van der Waals surface area (Å²) in [5.74, 6) is -10.2. The molecule has 1 aliphatic carbocycles. The summed E-state index contributed by atoms with van der Waals surface area (Å²) in [5, 5.41) is 0. The molecule has 0 amide bonds. The first-order chi connectivity index (χ1) is 13.6. The van der Waals surface area contributed by atoms with E-state index in [1.807, 2.05) is 0 Å². The maximum atomic E-state index is 14.4. The fraction of sp³-hybridized carbons (Fsp3) is 0.350. The molecule has 2 aromatic rings. The van der Waals surface area contributed by atoms with Gasteiger partial charge in [0.15, 0.2) is 17.5 Å². The largest absolute Gasteiger partial charge is 0.432 e. The van der Waals surface area contributed by atoms with Crippen molar-refractivity contribution in [1.82, 2.24) is 0 Å². The van der Waals surface area contributed by atoms with Gasteiger partial charge in [0, 0.05) is 18.1 Å². The van der Waals surface area contributed by atoms with Gasteiger partial charge in [-0.25, -0.2) is 22.0 Å². The van der Waals surface area contributed by atoms with Gasteiger partial charge in [0.05, 0.1) is 0 Å². The molecule has 0 atom stereocenters. The molecule has 0 saturated heterocycles. The van der Waals surface area contributed by atoms with Gasteiger partial charge in [0.25, 0.3) is 0 Å². The van der Waals surface area contributed by atoms with Crippen LogP contribution in [-0.4, -0.2) is 6.29 Å². The summed E-state index contributed by atoms with van der Waals surface area (Å²) in [6.45, 7) is 0. The highest BCUT2D eigenvalue weighted by atomic mass is 19.3. The van der Waals surface area contributed by atoms with Crippen LogP contribution in [0.5, 0.6) is 5.75 Å². The van der Waals surface area contributed by atoms with Crippen LogP contribution in [0.2, 0.25) is 0 Å². The maximum Gasteiger partial charge on any atom is 0.432 e. The number of hydrogen-bond acceptors (Lipinski definition) is 2. The fourth-order valence-electron chi connectivity index (χ4n) is 3.49. The van der Waals surface area contributed by atoms with E-state index in [1.165, 1.54) is 0 Å². The number of carbonyl (C=O) groups is 1. The summed E-state index contributed by atoms with van der Waals surface area (Å²) in [4.78, 5) is 10.8. The number of alkyl halides is 2. The van der Waals surface area contributed by atoms with Gasteiger partial charge >= 0.3 is 6.11 Å². The Hall–Kier alpha value is -2.58. The molecule has 0 spiro atoms. The van der Waals surface area contributed by atoms with Gasteiger partial charge in [-0.15, -0.1) is 0 Å². The predicted molar refractivity (Wildman–Crippen MR) is 88.0 cm³/mol. The lowest BCUT2D eigenvalue weighted by Gasteiger charge is -2.26. The number of ether oxygens (including phenoxy) is 1. The van der Waals surface area contributed by atoms with E-state index < -0.39 is 46.5 Å². The Balaban J connectivity index is 1.87. The number of benzene rings is 2. The molecule has 156 valence electrons. The SMILES string of the molecule is O=CC1CCC(c2cc(F)c(C(F)(F)Oc3cc(F)c(F)c(F)c3)c(F)c2)CC1. The van der Waals surface area contributed by atoms with Crippen LogP contribution in [0.15, 0.2) is 24.3 Å². The third-order valence-electron chi connectivity index (χ3n) is 4.99. The van der Waals surface area contributed by atoms with E-state index in [0.717, 1.165) is 18.4 Å². The monoisotopic (exact) mass is 420 g/mol. The second-order valence-electron chi connectivity index (χ2n) is 6.93. The Morgan fingerprint density at radius 3 is 1.83 bits per heavy atom. The van der Waals surface area contributed by atoms with Gasteiger partial charge in [-0.2, -0.15) is 8.78 Å². The highest BCUT2D eigenvalue weighted by molar-refractivity contribution is 5.53. The molecule has 0 radical (unpaired) electrons. The minimum atomic E-state index is -4.61. The summed E-state index contributed by atoms with van der Waals surface area (Å²) < 4.78 is 101.